The molecule has 0 aliphatic heterocycles. The Bertz CT molecular complexity index is 1040. The van der Waals surface area contributed by atoms with Crippen molar-refractivity contribution in [2.24, 2.45) is 0 Å². The van der Waals surface area contributed by atoms with Crippen molar-refractivity contribution in [1.82, 2.24) is 5.32 Å². The molecule has 0 radical (unpaired) electrons. The molecule has 0 aliphatic carbocycles. The predicted molar refractivity (Wildman–Crippen MR) is 278 cm³/mol. The van der Waals surface area contributed by atoms with Crippen LogP contribution in [0.5, 0.6) is 0 Å². The molecule has 0 fully saturated rings. The van der Waals surface area contributed by atoms with Crippen molar-refractivity contribution in [3.05, 3.63) is 36.5 Å². The van der Waals surface area contributed by atoms with Gasteiger partial charge in [0.15, 0.2) is 0 Å². The van der Waals surface area contributed by atoms with E-state index in [1.165, 1.54) is 218 Å². The molecule has 0 bridgehead atoms. The molecule has 0 rings (SSSR count). The molecule has 3 N–H and O–H groups in total. The average molecular weight is 901 g/mol. The normalized spacial score (nSPS) is 12.9. The number of aliphatic hydroxyl groups excluding tert-OH is 2. The molecule has 2 unspecified atom stereocenters. The summed E-state index contributed by atoms with van der Waals surface area (Å²) in [5, 5.41) is 22.9. The third-order valence-corrected chi connectivity index (χ3v) is 12.9. The number of amides is 1. The van der Waals surface area contributed by atoms with E-state index < -0.39 is 12.1 Å². The zero-order valence-corrected chi connectivity index (χ0v) is 42.8. The summed E-state index contributed by atoms with van der Waals surface area (Å²) < 4.78 is 5.46. The molecule has 6 nitrogen and oxygen atoms in total. The van der Waals surface area contributed by atoms with E-state index in [2.05, 4.69) is 43.5 Å². The minimum Gasteiger partial charge on any atom is -0.466 e. The van der Waals surface area contributed by atoms with Gasteiger partial charge in [-0.1, -0.05) is 262 Å². The zero-order valence-electron chi connectivity index (χ0n) is 42.8. The number of aliphatic hydroxyl groups is 2. The van der Waals surface area contributed by atoms with Crippen LogP contribution in [-0.4, -0.2) is 47.4 Å². The molecule has 0 aromatic rings. The van der Waals surface area contributed by atoms with Crippen LogP contribution in [0.4, 0.5) is 0 Å². The van der Waals surface area contributed by atoms with Crippen LogP contribution in [0.2, 0.25) is 0 Å². The Morgan fingerprint density at radius 3 is 1.25 bits per heavy atom. The maximum absolute atomic E-state index is 12.4. The first-order chi connectivity index (χ1) is 31.5. The maximum Gasteiger partial charge on any atom is 0.305 e. The van der Waals surface area contributed by atoms with Gasteiger partial charge in [0, 0.05) is 12.8 Å². The number of hydrogen-bond acceptors (Lipinski definition) is 5. The van der Waals surface area contributed by atoms with Crippen molar-refractivity contribution in [1.29, 1.82) is 0 Å². The Hall–Kier alpha value is -1.92. The average Bonchev–Trinajstić information content (AvgIpc) is 3.29. The maximum atomic E-state index is 12.4. The summed E-state index contributed by atoms with van der Waals surface area (Å²) in [7, 11) is 0. The number of carbonyl (C=O) groups excluding carboxylic acids is 2. The molecule has 0 spiro atoms. The van der Waals surface area contributed by atoms with Crippen LogP contribution in [0.25, 0.3) is 0 Å². The van der Waals surface area contributed by atoms with Crippen LogP contribution < -0.4 is 5.32 Å². The van der Waals surface area contributed by atoms with Gasteiger partial charge in [0.05, 0.1) is 25.4 Å². The molecule has 376 valence electrons. The number of hydrogen-bond donors (Lipinski definition) is 3. The summed E-state index contributed by atoms with van der Waals surface area (Å²) in [5.74, 6) is -0.0691. The number of ether oxygens (including phenoxy) is 1. The molecule has 0 aliphatic rings. The van der Waals surface area contributed by atoms with Crippen LogP contribution in [0.1, 0.15) is 296 Å². The van der Waals surface area contributed by atoms with Gasteiger partial charge in [-0.05, 0) is 57.8 Å². The Labute approximate surface area is 398 Å². The third kappa shape index (κ3) is 49.5. The SMILES string of the molecule is CCC/C=C\C/C=C\CCCCCCCC(=O)OCCCCCCCCCCCCCCCCCCCCCCCCCCCC(=O)NC(CO)C(O)/C=C/CCCCCCCCC. The van der Waals surface area contributed by atoms with Gasteiger partial charge < -0.3 is 20.3 Å². The largest absolute Gasteiger partial charge is 0.466 e. The van der Waals surface area contributed by atoms with Crippen molar-refractivity contribution in [3.63, 3.8) is 0 Å². The second-order valence-electron chi connectivity index (χ2n) is 19.3. The van der Waals surface area contributed by atoms with Crippen molar-refractivity contribution >= 4 is 11.9 Å². The number of carbonyl (C=O) groups is 2. The second kappa shape index (κ2) is 53.7. The monoisotopic (exact) mass is 900 g/mol. The predicted octanol–water partition coefficient (Wildman–Crippen LogP) is 17.2. The van der Waals surface area contributed by atoms with Crippen molar-refractivity contribution in [3.8, 4) is 0 Å². The van der Waals surface area contributed by atoms with E-state index in [0.717, 1.165) is 51.4 Å². The molecule has 1 amide bonds. The van der Waals surface area contributed by atoms with Gasteiger partial charge in [0.2, 0.25) is 5.91 Å². The number of rotatable bonds is 52. The summed E-state index contributed by atoms with van der Waals surface area (Å²) >= 11 is 0. The molecule has 0 saturated carbocycles. The van der Waals surface area contributed by atoms with E-state index in [1.807, 2.05) is 6.08 Å². The highest BCUT2D eigenvalue weighted by Gasteiger charge is 2.18. The molecular weight excluding hydrogens is 791 g/mol. The number of esters is 1. The lowest BCUT2D eigenvalue weighted by atomic mass is 10.0. The van der Waals surface area contributed by atoms with Gasteiger partial charge in [0.25, 0.3) is 0 Å². The zero-order chi connectivity index (χ0) is 46.5. The Balaban J connectivity index is 3.35. The molecule has 64 heavy (non-hydrogen) atoms. The lowest BCUT2D eigenvalue weighted by molar-refractivity contribution is -0.143. The summed E-state index contributed by atoms with van der Waals surface area (Å²) in [6.07, 6.45) is 66.1. The highest BCUT2D eigenvalue weighted by atomic mass is 16.5. The lowest BCUT2D eigenvalue weighted by Gasteiger charge is -2.20. The summed E-state index contributed by atoms with van der Waals surface area (Å²) in [6.45, 7) is 4.81. The highest BCUT2D eigenvalue weighted by molar-refractivity contribution is 5.76. The van der Waals surface area contributed by atoms with E-state index in [4.69, 9.17) is 4.74 Å². The van der Waals surface area contributed by atoms with Crippen LogP contribution >= 0.6 is 0 Å². The van der Waals surface area contributed by atoms with Gasteiger partial charge in [-0.3, -0.25) is 9.59 Å². The van der Waals surface area contributed by atoms with E-state index in [-0.39, 0.29) is 18.5 Å². The van der Waals surface area contributed by atoms with Crippen LogP contribution in [0.15, 0.2) is 36.5 Å². The van der Waals surface area contributed by atoms with Gasteiger partial charge in [-0.2, -0.15) is 0 Å². The van der Waals surface area contributed by atoms with Gasteiger partial charge in [0.1, 0.15) is 0 Å². The Morgan fingerprint density at radius 2 is 0.812 bits per heavy atom. The van der Waals surface area contributed by atoms with Gasteiger partial charge in [-0.15, -0.1) is 0 Å². The van der Waals surface area contributed by atoms with E-state index in [9.17, 15) is 19.8 Å². The minimum absolute atomic E-state index is 0.00000875. The summed E-state index contributed by atoms with van der Waals surface area (Å²) in [4.78, 5) is 24.4. The second-order valence-corrected chi connectivity index (χ2v) is 19.3. The first-order valence-corrected chi connectivity index (χ1v) is 28.3. The molecule has 0 aromatic heterocycles. The summed E-state index contributed by atoms with van der Waals surface area (Å²) in [6, 6.07) is -0.624. The quantitative estimate of drug-likeness (QED) is 0.0321. The molecule has 2 atom stereocenters. The fraction of sp³-hybridized carbons (Fsp3) is 0.862. The molecular formula is C58H109NO5. The van der Waals surface area contributed by atoms with E-state index >= 15 is 0 Å². The fourth-order valence-corrected chi connectivity index (χ4v) is 8.55. The van der Waals surface area contributed by atoms with Crippen molar-refractivity contribution in [2.45, 2.75) is 309 Å². The molecule has 0 saturated heterocycles. The Kier molecular flexibility index (Phi) is 52.1. The number of unbranched alkanes of at least 4 members (excludes halogenated alkanes) is 37. The number of allylic oxidation sites excluding steroid dienone is 5. The van der Waals surface area contributed by atoms with Crippen molar-refractivity contribution < 1.29 is 24.5 Å². The Morgan fingerprint density at radius 1 is 0.438 bits per heavy atom. The van der Waals surface area contributed by atoms with E-state index in [1.54, 1.807) is 6.08 Å². The van der Waals surface area contributed by atoms with E-state index in [0.29, 0.717) is 19.4 Å². The molecule has 6 heteroatoms. The molecule has 0 aromatic carbocycles. The fourth-order valence-electron chi connectivity index (χ4n) is 8.55. The van der Waals surface area contributed by atoms with Crippen LogP contribution in [0.3, 0.4) is 0 Å². The van der Waals surface area contributed by atoms with Crippen molar-refractivity contribution in [2.75, 3.05) is 13.2 Å². The highest BCUT2D eigenvalue weighted by Crippen LogP contribution is 2.17. The first kappa shape index (κ1) is 62.1. The first-order valence-electron chi connectivity index (χ1n) is 28.3. The lowest BCUT2D eigenvalue weighted by Crippen LogP contribution is -2.45. The minimum atomic E-state index is -0.841. The smallest absolute Gasteiger partial charge is 0.305 e. The standard InChI is InChI=1S/C58H109NO5/c1-3-5-7-9-11-13-14-28-32-36-40-44-48-52-58(63)64-53-49-45-41-37-33-30-27-25-23-21-19-17-15-16-18-20-22-24-26-29-31-35-39-43-47-51-57(62)59-55(54-60)56(61)50-46-42-38-34-12-10-8-6-4-2/h7,9,13-14,46,50,55-56,60-61H,3-6,8,10-12,15-45,47-49,51-54H2,1-2H3,(H,59,62)/b9-7-,14-13-,50-46+. The van der Waals surface area contributed by atoms with Gasteiger partial charge >= 0.3 is 5.97 Å². The van der Waals surface area contributed by atoms with Crippen LogP contribution in [0, 0.1) is 0 Å². The van der Waals surface area contributed by atoms with Gasteiger partial charge in [-0.25, -0.2) is 0 Å². The molecule has 0 heterocycles. The summed E-state index contributed by atoms with van der Waals surface area (Å²) in [5.41, 5.74) is 0. The number of nitrogens with one attached hydrogen (secondary N) is 1. The topological polar surface area (TPSA) is 95.9 Å². The third-order valence-electron chi connectivity index (χ3n) is 12.9. The van der Waals surface area contributed by atoms with Crippen LogP contribution in [-0.2, 0) is 14.3 Å².